The largest absolute Gasteiger partial charge is 0.293 e. The maximum absolute atomic E-state index is 11.0. The SMILES string of the molecule is O=C(CS)c1ccc(S)cc1. The second-order valence-electron chi connectivity index (χ2n) is 2.13. The van der Waals surface area contributed by atoms with Gasteiger partial charge in [0, 0.05) is 10.5 Å². The fourth-order valence-electron chi connectivity index (χ4n) is 0.739. The highest BCUT2D eigenvalue weighted by atomic mass is 32.1. The van der Waals surface area contributed by atoms with Crippen LogP contribution in [0.25, 0.3) is 0 Å². The van der Waals surface area contributed by atoms with Gasteiger partial charge in [0.05, 0.1) is 5.75 Å². The van der Waals surface area contributed by atoms with E-state index in [2.05, 4.69) is 25.3 Å². The molecule has 0 saturated heterocycles. The highest BCUT2D eigenvalue weighted by Crippen LogP contribution is 2.08. The number of hydrogen-bond acceptors (Lipinski definition) is 3. The molecule has 0 fully saturated rings. The summed E-state index contributed by atoms with van der Waals surface area (Å²) in [5.41, 5.74) is 0.692. The lowest BCUT2D eigenvalue weighted by Crippen LogP contribution is -1.98. The smallest absolute Gasteiger partial charge is 0.172 e. The van der Waals surface area contributed by atoms with Crippen LogP contribution in [0.3, 0.4) is 0 Å². The molecule has 0 spiro atoms. The molecule has 0 aliphatic heterocycles. The molecule has 0 aliphatic carbocycles. The normalized spacial score (nSPS) is 9.64. The monoisotopic (exact) mass is 184 g/mol. The number of benzene rings is 1. The average molecular weight is 184 g/mol. The van der Waals surface area contributed by atoms with Crippen LogP contribution in [0.15, 0.2) is 29.2 Å². The van der Waals surface area contributed by atoms with Gasteiger partial charge >= 0.3 is 0 Å². The Hall–Kier alpha value is -0.410. The summed E-state index contributed by atoms with van der Waals surface area (Å²) in [5.74, 6) is 0.299. The van der Waals surface area contributed by atoms with E-state index in [9.17, 15) is 4.79 Å². The minimum atomic E-state index is 0.0432. The number of carbonyl (C=O) groups excluding carboxylic acids is 1. The lowest BCUT2D eigenvalue weighted by Gasteiger charge is -1.96. The Bertz CT molecular complexity index is 253. The Morgan fingerprint density at radius 2 is 1.82 bits per heavy atom. The molecule has 0 N–H and O–H groups in total. The minimum absolute atomic E-state index is 0.0432. The molecule has 0 amide bonds. The van der Waals surface area contributed by atoms with Gasteiger partial charge in [-0.2, -0.15) is 12.6 Å². The Morgan fingerprint density at radius 1 is 1.27 bits per heavy atom. The van der Waals surface area contributed by atoms with Crippen LogP contribution >= 0.6 is 25.3 Å². The van der Waals surface area contributed by atoms with Crippen molar-refractivity contribution in [2.24, 2.45) is 0 Å². The zero-order chi connectivity index (χ0) is 8.27. The van der Waals surface area contributed by atoms with E-state index < -0.39 is 0 Å². The highest BCUT2D eigenvalue weighted by Gasteiger charge is 2.00. The van der Waals surface area contributed by atoms with Crippen molar-refractivity contribution in [2.45, 2.75) is 4.90 Å². The van der Waals surface area contributed by atoms with Crippen molar-refractivity contribution < 1.29 is 4.79 Å². The summed E-state index contributed by atoms with van der Waals surface area (Å²) < 4.78 is 0. The van der Waals surface area contributed by atoms with E-state index in [1.807, 2.05) is 0 Å². The van der Waals surface area contributed by atoms with Gasteiger partial charge in [-0.1, -0.05) is 12.1 Å². The van der Waals surface area contributed by atoms with Crippen molar-refractivity contribution in [3.05, 3.63) is 29.8 Å². The predicted octanol–water partition coefficient (Wildman–Crippen LogP) is 2.09. The molecule has 0 aliphatic rings. The molecule has 1 nitrogen and oxygen atoms in total. The van der Waals surface area contributed by atoms with Crippen LogP contribution in [-0.2, 0) is 0 Å². The summed E-state index contributed by atoms with van der Waals surface area (Å²) in [4.78, 5) is 11.9. The van der Waals surface area contributed by atoms with Gasteiger partial charge in [0.25, 0.3) is 0 Å². The van der Waals surface area contributed by atoms with Crippen molar-refractivity contribution in [1.29, 1.82) is 0 Å². The molecule has 58 valence electrons. The van der Waals surface area contributed by atoms with Crippen molar-refractivity contribution in [3.8, 4) is 0 Å². The summed E-state index contributed by atoms with van der Waals surface area (Å²) in [6.45, 7) is 0. The molecular formula is C8H8OS2. The van der Waals surface area contributed by atoms with E-state index in [0.717, 1.165) is 4.90 Å². The minimum Gasteiger partial charge on any atom is -0.293 e. The Balaban J connectivity index is 2.90. The number of rotatable bonds is 2. The van der Waals surface area contributed by atoms with Crippen LogP contribution in [0, 0.1) is 0 Å². The molecule has 1 rings (SSSR count). The standard InChI is InChI=1S/C8H8OS2/c9-8(5-10)6-1-3-7(11)4-2-6/h1-4,10-11H,5H2. The zero-order valence-electron chi connectivity index (χ0n) is 5.82. The van der Waals surface area contributed by atoms with Crippen molar-refractivity contribution in [1.82, 2.24) is 0 Å². The molecule has 1 aromatic carbocycles. The fourth-order valence-corrected chi connectivity index (χ4v) is 1.07. The van der Waals surface area contributed by atoms with Crippen LogP contribution < -0.4 is 0 Å². The topological polar surface area (TPSA) is 17.1 Å². The fraction of sp³-hybridized carbons (Fsp3) is 0.125. The number of Topliss-reactive ketones (excluding diaryl/α,β-unsaturated/α-hetero) is 1. The van der Waals surface area contributed by atoms with Crippen molar-refractivity contribution in [2.75, 3.05) is 5.75 Å². The van der Waals surface area contributed by atoms with Crippen LogP contribution in [0.2, 0.25) is 0 Å². The Labute approximate surface area is 76.6 Å². The maximum Gasteiger partial charge on any atom is 0.172 e. The van der Waals surface area contributed by atoms with E-state index in [1.54, 1.807) is 24.3 Å². The van der Waals surface area contributed by atoms with Gasteiger partial charge in [-0.05, 0) is 12.1 Å². The molecule has 1 aromatic rings. The quantitative estimate of drug-likeness (QED) is 0.531. The summed E-state index contributed by atoms with van der Waals surface area (Å²) >= 11 is 7.98. The van der Waals surface area contributed by atoms with E-state index in [1.165, 1.54) is 0 Å². The molecule has 0 saturated carbocycles. The second kappa shape index (κ2) is 3.83. The lowest BCUT2D eigenvalue weighted by molar-refractivity contribution is 0.102. The van der Waals surface area contributed by atoms with Gasteiger partial charge in [0.15, 0.2) is 5.78 Å². The summed E-state index contributed by atoms with van der Waals surface area (Å²) in [5, 5.41) is 0. The first-order valence-electron chi connectivity index (χ1n) is 3.17. The molecule has 0 heterocycles. The van der Waals surface area contributed by atoms with Crippen molar-refractivity contribution >= 4 is 31.0 Å². The third-order valence-corrected chi connectivity index (χ3v) is 1.92. The van der Waals surface area contributed by atoms with Gasteiger partial charge in [-0.25, -0.2) is 0 Å². The summed E-state index contributed by atoms with van der Waals surface area (Å²) in [6.07, 6.45) is 0. The molecule has 3 heteroatoms. The highest BCUT2D eigenvalue weighted by molar-refractivity contribution is 7.81. The van der Waals surface area contributed by atoms with Gasteiger partial charge in [-0.15, -0.1) is 12.6 Å². The second-order valence-corrected chi connectivity index (χ2v) is 2.96. The van der Waals surface area contributed by atoms with E-state index >= 15 is 0 Å². The number of ketones is 1. The Kier molecular flexibility index (Phi) is 3.02. The van der Waals surface area contributed by atoms with Crippen molar-refractivity contribution in [3.63, 3.8) is 0 Å². The zero-order valence-corrected chi connectivity index (χ0v) is 7.61. The van der Waals surface area contributed by atoms with E-state index in [0.29, 0.717) is 5.56 Å². The molecule has 11 heavy (non-hydrogen) atoms. The third-order valence-electron chi connectivity index (χ3n) is 1.33. The maximum atomic E-state index is 11.0. The third kappa shape index (κ3) is 2.27. The van der Waals surface area contributed by atoms with Crippen LogP contribution in [0.4, 0.5) is 0 Å². The van der Waals surface area contributed by atoms with E-state index in [4.69, 9.17) is 0 Å². The van der Waals surface area contributed by atoms with Gasteiger partial charge < -0.3 is 0 Å². The van der Waals surface area contributed by atoms with Gasteiger partial charge in [-0.3, -0.25) is 4.79 Å². The molecule has 0 unspecified atom stereocenters. The average Bonchev–Trinajstić information content (AvgIpc) is 2.05. The first kappa shape index (κ1) is 8.68. The van der Waals surface area contributed by atoms with Gasteiger partial charge in [0.1, 0.15) is 0 Å². The number of hydrogen-bond donors (Lipinski definition) is 2. The molecule has 0 radical (unpaired) electrons. The number of thiol groups is 2. The molecular weight excluding hydrogens is 176 g/mol. The Morgan fingerprint density at radius 3 is 2.27 bits per heavy atom. The summed E-state index contributed by atoms with van der Waals surface area (Å²) in [7, 11) is 0. The van der Waals surface area contributed by atoms with Crippen LogP contribution in [0.1, 0.15) is 10.4 Å². The molecule has 0 bridgehead atoms. The first-order chi connectivity index (χ1) is 5.24. The van der Waals surface area contributed by atoms with Crippen LogP contribution in [0.5, 0.6) is 0 Å². The summed E-state index contributed by atoms with van der Waals surface area (Å²) in [6, 6.07) is 7.08. The number of carbonyl (C=O) groups is 1. The molecule has 0 atom stereocenters. The predicted molar refractivity (Wildman–Crippen MR) is 51.9 cm³/mol. The molecule has 0 aromatic heterocycles. The van der Waals surface area contributed by atoms with E-state index in [-0.39, 0.29) is 11.5 Å². The van der Waals surface area contributed by atoms with Gasteiger partial charge in [0.2, 0.25) is 0 Å². The first-order valence-corrected chi connectivity index (χ1v) is 4.25. The lowest BCUT2D eigenvalue weighted by atomic mass is 10.1. The van der Waals surface area contributed by atoms with Crippen LogP contribution in [-0.4, -0.2) is 11.5 Å².